The van der Waals surface area contributed by atoms with Gasteiger partial charge in [0.25, 0.3) is 0 Å². The van der Waals surface area contributed by atoms with Crippen molar-refractivity contribution in [1.29, 1.82) is 0 Å². The van der Waals surface area contributed by atoms with E-state index in [0.717, 1.165) is 4.47 Å². The van der Waals surface area contributed by atoms with Gasteiger partial charge in [-0.3, -0.25) is 0 Å². The summed E-state index contributed by atoms with van der Waals surface area (Å²) in [4.78, 5) is 23.3. The van der Waals surface area contributed by atoms with E-state index in [4.69, 9.17) is 0 Å². The third kappa shape index (κ3) is 4.90. The number of nitrogens with one attached hydrogen (secondary N) is 2. The predicted octanol–water partition coefficient (Wildman–Crippen LogP) is 2.77. The molecule has 6 heteroatoms. The molecule has 5 nitrogen and oxygen atoms in total. The van der Waals surface area contributed by atoms with Crippen LogP contribution in [0.15, 0.2) is 28.7 Å². The molecule has 0 aliphatic heterocycles. The van der Waals surface area contributed by atoms with Crippen molar-refractivity contribution in [2.45, 2.75) is 19.9 Å². The first-order valence-electron chi connectivity index (χ1n) is 5.85. The van der Waals surface area contributed by atoms with Crippen LogP contribution in [-0.2, 0) is 9.53 Å². The van der Waals surface area contributed by atoms with Gasteiger partial charge in [0.05, 0.1) is 7.11 Å². The third-order valence-electron chi connectivity index (χ3n) is 2.49. The number of methoxy groups -OCH3 is 1. The highest BCUT2D eigenvalue weighted by Gasteiger charge is 2.24. The number of hydrogen-bond acceptors (Lipinski definition) is 3. The Hall–Kier alpha value is -1.56. The molecular formula is C13H17BrN2O3. The maximum Gasteiger partial charge on any atom is 0.328 e. The topological polar surface area (TPSA) is 67.4 Å². The summed E-state index contributed by atoms with van der Waals surface area (Å²) in [6.45, 7) is 3.67. The molecule has 1 aromatic rings. The average Bonchev–Trinajstić information content (AvgIpc) is 2.34. The average molecular weight is 329 g/mol. The van der Waals surface area contributed by atoms with Crippen molar-refractivity contribution >= 4 is 33.6 Å². The highest BCUT2D eigenvalue weighted by Crippen LogP contribution is 2.15. The Morgan fingerprint density at radius 2 is 2.00 bits per heavy atom. The van der Waals surface area contributed by atoms with E-state index in [-0.39, 0.29) is 5.92 Å². The normalized spacial score (nSPS) is 11.8. The van der Waals surface area contributed by atoms with Gasteiger partial charge in [0, 0.05) is 10.2 Å². The minimum absolute atomic E-state index is 0.0549. The van der Waals surface area contributed by atoms with Crippen LogP contribution in [0.2, 0.25) is 0 Å². The molecule has 0 heterocycles. The summed E-state index contributed by atoms with van der Waals surface area (Å²) in [5.41, 5.74) is 0.638. The van der Waals surface area contributed by atoms with Crippen LogP contribution in [0, 0.1) is 5.92 Å². The predicted molar refractivity (Wildman–Crippen MR) is 76.9 cm³/mol. The summed E-state index contributed by atoms with van der Waals surface area (Å²) in [7, 11) is 1.30. The zero-order valence-electron chi connectivity index (χ0n) is 11.1. The van der Waals surface area contributed by atoms with Crippen molar-refractivity contribution in [2.75, 3.05) is 12.4 Å². The van der Waals surface area contributed by atoms with Gasteiger partial charge in [0.2, 0.25) is 0 Å². The van der Waals surface area contributed by atoms with Crippen LogP contribution in [0.25, 0.3) is 0 Å². The number of hydrogen-bond donors (Lipinski definition) is 2. The molecule has 19 heavy (non-hydrogen) atoms. The minimum atomic E-state index is -0.669. The Bertz CT molecular complexity index is 463. The first kappa shape index (κ1) is 15.5. The van der Waals surface area contributed by atoms with E-state index in [0.29, 0.717) is 5.69 Å². The van der Waals surface area contributed by atoms with Gasteiger partial charge in [-0.25, -0.2) is 9.59 Å². The number of halogens is 1. The minimum Gasteiger partial charge on any atom is -0.467 e. The van der Waals surface area contributed by atoms with E-state index >= 15 is 0 Å². The van der Waals surface area contributed by atoms with Gasteiger partial charge >= 0.3 is 12.0 Å². The van der Waals surface area contributed by atoms with E-state index in [2.05, 4.69) is 31.3 Å². The number of carbonyl (C=O) groups excluding carboxylic acids is 2. The zero-order valence-corrected chi connectivity index (χ0v) is 12.7. The molecule has 0 aliphatic carbocycles. The van der Waals surface area contributed by atoms with Crippen LogP contribution >= 0.6 is 15.9 Å². The van der Waals surface area contributed by atoms with Crippen molar-refractivity contribution in [1.82, 2.24) is 5.32 Å². The molecule has 0 aromatic heterocycles. The highest BCUT2D eigenvalue weighted by molar-refractivity contribution is 9.10. The monoisotopic (exact) mass is 328 g/mol. The number of benzene rings is 1. The molecule has 0 fully saturated rings. The second-order valence-corrected chi connectivity index (χ2v) is 5.27. The van der Waals surface area contributed by atoms with Crippen LogP contribution in [0.5, 0.6) is 0 Å². The van der Waals surface area contributed by atoms with Gasteiger partial charge in [0.1, 0.15) is 6.04 Å². The van der Waals surface area contributed by atoms with Crippen LogP contribution in [0.1, 0.15) is 13.8 Å². The van der Waals surface area contributed by atoms with Crippen LogP contribution in [-0.4, -0.2) is 25.2 Å². The highest BCUT2D eigenvalue weighted by atomic mass is 79.9. The Balaban J connectivity index is 2.65. The molecule has 0 spiro atoms. The standard InChI is InChI=1S/C13H17BrN2O3/c1-8(2)11(12(17)19-3)16-13(18)15-10-6-4-5-9(14)7-10/h4-8,11H,1-3H3,(H2,15,16,18)/t11-/m0/s1. The third-order valence-corrected chi connectivity index (χ3v) is 2.98. The second-order valence-electron chi connectivity index (χ2n) is 4.35. The summed E-state index contributed by atoms with van der Waals surface area (Å²) < 4.78 is 5.51. The smallest absolute Gasteiger partial charge is 0.328 e. The number of esters is 1. The van der Waals surface area contributed by atoms with Gasteiger partial charge in [0.15, 0.2) is 0 Å². The van der Waals surface area contributed by atoms with Crippen LogP contribution < -0.4 is 10.6 Å². The van der Waals surface area contributed by atoms with Crippen molar-refractivity contribution < 1.29 is 14.3 Å². The molecule has 1 atom stereocenters. The molecule has 0 saturated heterocycles. The molecule has 0 radical (unpaired) electrons. The SMILES string of the molecule is COC(=O)[C@@H](NC(=O)Nc1cccc(Br)c1)C(C)C. The lowest BCUT2D eigenvalue weighted by Crippen LogP contribution is -2.46. The lowest BCUT2D eigenvalue weighted by Gasteiger charge is -2.20. The molecule has 2 N–H and O–H groups in total. The Morgan fingerprint density at radius 3 is 2.53 bits per heavy atom. The summed E-state index contributed by atoms with van der Waals surface area (Å²) in [5, 5.41) is 5.25. The first-order valence-corrected chi connectivity index (χ1v) is 6.64. The number of anilines is 1. The van der Waals surface area contributed by atoms with E-state index in [1.165, 1.54) is 7.11 Å². The fourth-order valence-electron chi connectivity index (χ4n) is 1.50. The molecule has 0 saturated carbocycles. The number of urea groups is 1. The number of amides is 2. The lowest BCUT2D eigenvalue weighted by molar-refractivity contribution is -0.143. The Labute approximate surface area is 120 Å². The van der Waals surface area contributed by atoms with Crippen molar-refractivity contribution in [3.63, 3.8) is 0 Å². The molecule has 1 rings (SSSR count). The first-order chi connectivity index (χ1) is 8.93. The summed E-state index contributed by atoms with van der Waals surface area (Å²) >= 11 is 3.31. The second kappa shape index (κ2) is 7.13. The van der Waals surface area contributed by atoms with Crippen molar-refractivity contribution in [3.8, 4) is 0 Å². The van der Waals surface area contributed by atoms with E-state index in [1.807, 2.05) is 19.9 Å². The van der Waals surface area contributed by atoms with Gasteiger partial charge in [-0.15, -0.1) is 0 Å². The molecule has 0 unspecified atom stereocenters. The fraction of sp³-hybridized carbons (Fsp3) is 0.385. The van der Waals surface area contributed by atoms with Gasteiger partial charge in [-0.1, -0.05) is 35.8 Å². The summed E-state index contributed by atoms with van der Waals surface area (Å²) in [6, 6.07) is 6.07. The maximum absolute atomic E-state index is 11.8. The number of rotatable bonds is 4. The van der Waals surface area contributed by atoms with Crippen LogP contribution in [0.4, 0.5) is 10.5 Å². The molecule has 2 amide bonds. The van der Waals surface area contributed by atoms with Gasteiger partial charge in [-0.2, -0.15) is 0 Å². The van der Waals surface area contributed by atoms with E-state index in [9.17, 15) is 9.59 Å². The quantitative estimate of drug-likeness (QED) is 0.835. The fourth-order valence-corrected chi connectivity index (χ4v) is 1.90. The summed E-state index contributed by atoms with van der Waals surface area (Å²) in [5.74, 6) is -0.514. The lowest BCUT2D eigenvalue weighted by atomic mass is 10.1. The number of ether oxygens (including phenoxy) is 1. The van der Waals surface area contributed by atoms with Gasteiger partial charge < -0.3 is 15.4 Å². The van der Waals surface area contributed by atoms with Crippen molar-refractivity contribution in [2.24, 2.45) is 5.92 Å². The molecule has 0 bridgehead atoms. The zero-order chi connectivity index (χ0) is 14.4. The van der Waals surface area contributed by atoms with Crippen molar-refractivity contribution in [3.05, 3.63) is 28.7 Å². The maximum atomic E-state index is 11.8. The van der Waals surface area contributed by atoms with E-state index in [1.54, 1.807) is 18.2 Å². The largest absolute Gasteiger partial charge is 0.467 e. The molecule has 1 aromatic carbocycles. The van der Waals surface area contributed by atoms with Gasteiger partial charge in [-0.05, 0) is 24.1 Å². The van der Waals surface area contributed by atoms with Crippen LogP contribution in [0.3, 0.4) is 0 Å². The van der Waals surface area contributed by atoms with E-state index < -0.39 is 18.0 Å². The Kier molecular flexibility index (Phi) is 5.82. The summed E-state index contributed by atoms with van der Waals surface area (Å²) in [6.07, 6.45) is 0. The molecule has 0 aliphatic rings. The Morgan fingerprint density at radius 1 is 1.32 bits per heavy atom. The molecule has 104 valence electrons. The number of carbonyl (C=O) groups is 2. The molecular weight excluding hydrogens is 312 g/mol.